The van der Waals surface area contributed by atoms with Crippen molar-refractivity contribution in [3.8, 4) is 0 Å². The smallest absolute Gasteiger partial charge is 0.251 e. The van der Waals surface area contributed by atoms with Gasteiger partial charge in [0.05, 0.1) is 6.54 Å². The Labute approximate surface area is 93.4 Å². The van der Waals surface area contributed by atoms with Crippen molar-refractivity contribution >= 4 is 22.8 Å². The molecule has 0 bridgehead atoms. The fourth-order valence-corrected chi connectivity index (χ4v) is 1.20. The van der Waals surface area contributed by atoms with Crippen molar-refractivity contribution < 1.29 is 9.59 Å². The molecular weight excluding hydrogens is 214 g/mol. The lowest BCUT2D eigenvalue weighted by Crippen LogP contribution is -2.27. The number of halogens is 1. The molecule has 1 amide bonds. The Balaban J connectivity index is 2.74. The third-order valence-electron chi connectivity index (χ3n) is 2.16. The van der Waals surface area contributed by atoms with E-state index < -0.39 is 5.24 Å². The van der Waals surface area contributed by atoms with Gasteiger partial charge in [-0.1, -0.05) is 6.07 Å². The summed E-state index contributed by atoms with van der Waals surface area (Å²) in [5, 5.41) is 1.85. The van der Waals surface area contributed by atoms with Crippen LogP contribution in [0.2, 0.25) is 0 Å². The molecule has 0 heterocycles. The summed E-state index contributed by atoms with van der Waals surface area (Å²) in [6, 6.07) is 5.37. The molecule has 1 aromatic carbocycles. The summed E-state index contributed by atoms with van der Waals surface area (Å²) in [6.45, 7) is 3.76. The molecule has 1 N–H and O–H groups in total. The quantitative estimate of drug-likeness (QED) is 0.798. The van der Waals surface area contributed by atoms with Crippen LogP contribution in [0.25, 0.3) is 0 Å². The fourth-order valence-electron chi connectivity index (χ4n) is 1.13. The van der Waals surface area contributed by atoms with E-state index in [9.17, 15) is 9.59 Å². The Kier molecular flexibility index (Phi) is 3.86. The van der Waals surface area contributed by atoms with E-state index in [-0.39, 0.29) is 12.5 Å². The lowest BCUT2D eigenvalue weighted by molar-refractivity contribution is -0.110. The van der Waals surface area contributed by atoms with Gasteiger partial charge in [0, 0.05) is 5.56 Å². The second kappa shape index (κ2) is 4.94. The van der Waals surface area contributed by atoms with Crippen LogP contribution < -0.4 is 5.32 Å². The minimum atomic E-state index is -0.577. The maximum Gasteiger partial charge on any atom is 0.251 e. The molecule has 0 aliphatic rings. The first-order chi connectivity index (χ1) is 7.00. The van der Waals surface area contributed by atoms with E-state index in [4.69, 9.17) is 11.6 Å². The number of carbonyl (C=O) groups is 2. The highest BCUT2D eigenvalue weighted by atomic mass is 35.5. The van der Waals surface area contributed by atoms with Gasteiger partial charge in [0.1, 0.15) is 0 Å². The van der Waals surface area contributed by atoms with Gasteiger partial charge in [-0.15, -0.1) is 0 Å². The number of aryl methyl sites for hydroxylation is 2. The molecule has 3 nitrogen and oxygen atoms in total. The second-order valence-corrected chi connectivity index (χ2v) is 3.76. The van der Waals surface area contributed by atoms with E-state index in [0.29, 0.717) is 5.56 Å². The number of amides is 1. The summed E-state index contributed by atoms with van der Waals surface area (Å²) in [6.07, 6.45) is 0. The van der Waals surface area contributed by atoms with Gasteiger partial charge in [0.2, 0.25) is 5.24 Å². The van der Waals surface area contributed by atoms with Crippen molar-refractivity contribution in [1.82, 2.24) is 5.32 Å². The predicted octanol–water partition coefficient (Wildman–Crippen LogP) is 1.80. The molecule has 0 atom stereocenters. The van der Waals surface area contributed by atoms with Gasteiger partial charge >= 0.3 is 0 Å². The van der Waals surface area contributed by atoms with Crippen LogP contribution in [-0.4, -0.2) is 17.7 Å². The molecule has 0 unspecified atom stereocenters. The molecule has 0 aromatic heterocycles. The molecule has 0 saturated carbocycles. The minimum absolute atomic E-state index is 0.146. The normalized spacial score (nSPS) is 9.80. The molecule has 1 rings (SSSR count). The molecule has 0 radical (unpaired) electrons. The Morgan fingerprint density at radius 3 is 2.47 bits per heavy atom. The number of carbonyl (C=O) groups excluding carboxylic acids is 2. The Morgan fingerprint density at radius 2 is 1.93 bits per heavy atom. The zero-order valence-electron chi connectivity index (χ0n) is 8.63. The van der Waals surface area contributed by atoms with Gasteiger partial charge < -0.3 is 5.32 Å². The summed E-state index contributed by atoms with van der Waals surface area (Å²) in [7, 11) is 0. The summed E-state index contributed by atoms with van der Waals surface area (Å²) in [5.41, 5.74) is 2.70. The van der Waals surface area contributed by atoms with E-state index in [0.717, 1.165) is 11.1 Å². The molecule has 1 aromatic rings. The Morgan fingerprint density at radius 1 is 1.27 bits per heavy atom. The van der Waals surface area contributed by atoms with Crippen LogP contribution in [0.4, 0.5) is 0 Å². The second-order valence-electron chi connectivity index (χ2n) is 3.34. The largest absolute Gasteiger partial charge is 0.344 e. The number of rotatable bonds is 3. The number of hydrogen-bond acceptors (Lipinski definition) is 2. The highest BCUT2D eigenvalue weighted by Crippen LogP contribution is 2.09. The van der Waals surface area contributed by atoms with Crippen molar-refractivity contribution in [1.29, 1.82) is 0 Å². The molecular formula is C11H12ClNO2. The maximum atomic E-state index is 11.5. The molecule has 0 aliphatic heterocycles. The molecule has 0 saturated heterocycles. The number of nitrogens with one attached hydrogen (secondary N) is 1. The van der Waals surface area contributed by atoms with Crippen LogP contribution in [0, 0.1) is 13.8 Å². The summed E-state index contributed by atoms with van der Waals surface area (Å²) in [5.74, 6) is -0.285. The third-order valence-corrected chi connectivity index (χ3v) is 2.29. The molecule has 15 heavy (non-hydrogen) atoms. The number of hydrogen-bond donors (Lipinski definition) is 1. The molecule has 4 heteroatoms. The highest BCUT2D eigenvalue weighted by molar-refractivity contribution is 6.64. The average Bonchev–Trinajstić information content (AvgIpc) is 2.18. The topological polar surface area (TPSA) is 46.2 Å². The lowest BCUT2D eigenvalue weighted by atomic mass is 10.1. The van der Waals surface area contributed by atoms with E-state index in [1.165, 1.54) is 0 Å². The minimum Gasteiger partial charge on any atom is -0.344 e. The Bertz CT molecular complexity index is 402. The monoisotopic (exact) mass is 225 g/mol. The van der Waals surface area contributed by atoms with Crippen molar-refractivity contribution in [2.45, 2.75) is 13.8 Å². The average molecular weight is 226 g/mol. The lowest BCUT2D eigenvalue weighted by Gasteiger charge is -2.05. The first-order valence-electron chi connectivity index (χ1n) is 4.54. The van der Waals surface area contributed by atoms with E-state index >= 15 is 0 Å². The van der Waals surface area contributed by atoms with Gasteiger partial charge in [0.25, 0.3) is 5.91 Å². The Hall–Kier alpha value is -1.35. The fraction of sp³-hybridized carbons (Fsp3) is 0.273. The van der Waals surface area contributed by atoms with Gasteiger partial charge in [-0.05, 0) is 48.7 Å². The maximum absolute atomic E-state index is 11.5. The van der Waals surface area contributed by atoms with Crippen LogP contribution in [0.1, 0.15) is 21.5 Å². The number of benzene rings is 1. The summed E-state index contributed by atoms with van der Waals surface area (Å²) >= 11 is 5.11. The molecule has 80 valence electrons. The van der Waals surface area contributed by atoms with E-state index in [1.807, 2.05) is 19.9 Å². The van der Waals surface area contributed by atoms with E-state index in [1.54, 1.807) is 12.1 Å². The standard InChI is InChI=1S/C11H12ClNO2/c1-7-3-4-9(5-8(7)2)11(15)13-6-10(12)14/h3-5H,6H2,1-2H3,(H,13,15). The summed E-state index contributed by atoms with van der Waals surface area (Å²) < 4.78 is 0. The highest BCUT2D eigenvalue weighted by Gasteiger charge is 2.07. The molecule has 0 aliphatic carbocycles. The van der Waals surface area contributed by atoms with Crippen LogP contribution >= 0.6 is 11.6 Å². The van der Waals surface area contributed by atoms with Crippen molar-refractivity contribution in [2.24, 2.45) is 0 Å². The van der Waals surface area contributed by atoms with E-state index in [2.05, 4.69) is 5.32 Å². The molecule has 0 fully saturated rings. The van der Waals surface area contributed by atoms with Crippen molar-refractivity contribution in [2.75, 3.05) is 6.54 Å². The first-order valence-corrected chi connectivity index (χ1v) is 4.92. The molecule has 0 spiro atoms. The van der Waals surface area contributed by atoms with Crippen LogP contribution in [0.5, 0.6) is 0 Å². The van der Waals surface area contributed by atoms with Gasteiger partial charge in [0.15, 0.2) is 0 Å². The zero-order valence-corrected chi connectivity index (χ0v) is 9.39. The van der Waals surface area contributed by atoms with Gasteiger partial charge in [-0.25, -0.2) is 0 Å². The van der Waals surface area contributed by atoms with Gasteiger partial charge in [-0.3, -0.25) is 9.59 Å². The zero-order chi connectivity index (χ0) is 11.4. The van der Waals surface area contributed by atoms with Crippen LogP contribution in [-0.2, 0) is 4.79 Å². The third kappa shape index (κ3) is 3.36. The first kappa shape index (κ1) is 11.7. The van der Waals surface area contributed by atoms with Gasteiger partial charge in [-0.2, -0.15) is 0 Å². The van der Waals surface area contributed by atoms with Crippen molar-refractivity contribution in [3.05, 3.63) is 34.9 Å². The summed E-state index contributed by atoms with van der Waals surface area (Å²) in [4.78, 5) is 21.9. The SMILES string of the molecule is Cc1ccc(C(=O)NCC(=O)Cl)cc1C. The van der Waals surface area contributed by atoms with Crippen LogP contribution in [0.3, 0.4) is 0 Å². The van der Waals surface area contributed by atoms with Crippen molar-refractivity contribution in [3.63, 3.8) is 0 Å². The predicted molar refractivity (Wildman–Crippen MR) is 59.1 cm³/mol. The van der Waals surface area contributed by atoms with Crippen LogP contribution in [0.15, 0.2) is 18.2 Å².